The van der Waals surface area contributed by atoms with E-state index in [0.29, 0.717) is 0 Å². The molecule has 1 N–H and O–H groups in total. The highest BCUT2D eigenvalue weighted by Gasteiger charge is 2.44. The normalized spacial score (nSPS) is 27.6. The minimum atomic E-state index is -1.32. The Bertz CT molecular complexity index is 749. The van der Waals surface area contributed by atoms with Crippen LogP contribution in [0.4, 0.5) is 8.78 Å². The second-order valence-electron chi connectivity index (χ2n) is 6.45. The van der Waals surface area contributed by atoms with Gasteiger partial charge in [0.05, 0.1) is 25.5 Å². The molecule has 2 aliphatic rings. The fraction of sp³-hybridized carbons (Fsp3) is 0.471. The summed E-state index contributed by atoms with van der Waals surface area (Å²) in [5, 5.41) is 6.56. The number of carbonyl (C=O) groups is 2. The highest BCUT2D eigenvalue weighted by molar-refractivity contribution is 6.05. The Labute approximate surface area is 148 Å². The monoisotopic (exact) mass is 368 g/mol. The molecule has 0 saturated carbocycles. The Balaban J connectivity index is 1.62. The Morgan fingerprint density at radius 2 is 2.00 bits per heavy atom. The third-order valence-corrected chi connectivity index (χ3v) is 4.33. The lowest BCUT2D eigenvalue weighted by atomic mass is 9.94. The van der Waals surface area contributed by atoms with Crippen LogP contribution < -0.4 is 5.32 Å². The first kappa shape index (κ1) is 18.2. The minimum Gasteiger partial charge on any atom is -0.467 e. The minimum absolute atomic E-state index is 0.0513. The summed E-state index contributed by atoms with van der Waals surface area (Å²) in [5.74, 6) is -2.42. The molecule has 0 aliphatic carbocycles. The van der Waals surface area contributed by atoms with Crippen LogP contribution in [0.2, 0.25) is 0 Å². The van der Waals surface area contributed by atoms with Crippen LogP contribution in [0.3, 0.4) is 0 Å². The molecule has 1 amide bonds. The van der Waals surface area contributed by atoms with Crippen molar-refractivity contribution in [2.24, 2.45) is 5.16 Å². The molecule has 140 valence electrons. The standard InChI is InChI=1S/C17H18F2N2O5/c1-17(16(23)20-12-6-14(25-8-12)15(22)24-2)7-13(21-26-17)9-3-10(18)5-11(19)4-9/h3-5,12,14H,6-8H2,1-2H3,(H,20,23)/t12-,14-,17?/m1/s1. The fourth-order valence-electron chi connectivity index (χ4n) is 2.90. The number of hydrogen-bond acceptors (Lipinski definition) is 6. The quantitative estimate of drug-likeness (QED) is 0.810. The van der Waals surface area contributed by atoms with Gasteiger partial charge in [-0.1, -0.05) is 5.16 Å². The van der Waals surface area contributed by atoms with Crippen molar-refractivity contribution in [3.05, 3.63) is 35.4 Å². The van der Waals surface area contributed by atoms with Gasteiger partial charge in [0.1, 0.15) is 11.6 Å². The molecule has 0 bridgehead atoms. The van der Waals surface area contributed by atoms with Crippen molar-refractivity contribution < 1.29 is 32.7 Å². The molecule has 1 unspecified atom stereocenters. The fourth-order valence-corrected chi connectivity index (χ4v) is 2.90. The van der Waals surface area contributed by atoms with Gasteiger partial charge in [-0.2, -0.15) is 0 Å². The molecule has 7 nitrogen and oxygen atoms in total. The molecule has 2 heterocycles. The summed E-state index contributed by atoms with van der Waals surface area (Å²) in [6.07, 6.45) is -0.378. The average molecular weight is 368 g/mol. The Kier molecular flexibility index (Phi) is 4.90. The summed E-state index contributed by atoms with van der Waals surface area (Å²) < 4.78 is 36.6. The lowest BCUT2D eigenvalue weighted by Gasteiger charge is -2.22. The van der Waals surface area contributed by atoms with Crippen LogP contribution in [0.5, 0.6) is 0 Å². The van der Waals surface area contributed by atoms with Gasteiger partial charge < -0.3 is 19.6 Å². The Morgan fingerprint density at radius 3 is 2.65 bits per heavy atom. The van der Waals surface area contributed by atoms with Crippen molar-refractivity contribution in [3.63, 3.8) is 0 Å². The summed E-state index contributed by atoms with van der Waals surface area (Å²) in [5.41, 5.74) is -0.827. The molecule has 1 fully saturated rings. The Morgan fingerprint density at radius 1 is 1.31 bits per heavy atom. The number of amides is 1. The summed E-state index contributed by atoms with van der Waals surface area (Å²) in [7, 11) is 1.26. The SMILES string of the molecule is COC(=O)[C@H]1C[C@@H](NC(=O)C2(C)CC(c3cc(F)cc(F)c3)=NO2)CO1. The van der Waals surface area contributed by atoms with E-state index in [0.717, 1.165) is 18.2 Å². The number of nitrogens with zero attached hydrogens (tertiary/aromatic N) is 1. The molecular weight excluding hydrogens is 350 g/mol. The molecule has 2 aliphatic heterocycles. The maximum absolute atomic E-state index is 13.4. The summed E-state index contributed by atoms with van der Waals surface area (Å²) in [6, 6.07) is 2.63. The van der Waals surface area contributed by atoms with E-state index in [-0.39, 0.29) is 36.8 Å². The number of nitrogens with one attached hydrogen (secondary N) is 1. The van der Waals surface area contributed by atoms with E-state index in [1.807, 2.05) is 0 Å². The number of oxime groups is 1. The third-order valence-electron chi connectivity index (χ3n) is 4.33. The molecule has 26 heavy (non-hydrogen) atoms. The highest BCUT2D eigenvalue weighted by atomic mass is 19.1. The number of benzene rings is 1. The first-order valence-corrected chi connectivity index (χ1v) is 8.02. The first-order valence-electron chi connectivity index (χ1n) is 8.02. The second kappa shape index (κ2) is 6.99. The van der Waals surface area contributed by atoms with E-state index in [1.165, 1.54) is 14.0 Å². The van der Waals surface area contributed by atoms with Gasteiger partial charge in [-0.15, -0.1) is 0 Å². The lowest BCUT2D eigenvalue weighted by Crippen LogP contribution is -2.49. The molecule has 1 saturated heterocycles. The molecule has 1 aromatic rings. The highest BCUT2D eigenvalue weighted by Crippen LogP contribution is 2.28. The second-order valence-corrected chi connectivity index (χ2v) is 6.45. The molecular formula is C17H18F2N2O5. The first-order chi connectivity index (χ1) is 12.3. The summed E-state index contributed by atoms with van der Waals surface area (Å²) in [4.78, 5) is 29.3. The van der Waals surface area contributed by atoms with E-state index < -0.39 is 35.2 Å². The summed E-state index contributed by atoms with van der Waals surface area (Å²) in [6.45, 7) is 1.70. The van der Waals surface area contributed by atoms with Gasteiger partial charge in [-0.05, 0) is 19.1 Å². The average Bonchev–Trinajstić information content (AvgIpc) is 3.21. The van der Waals surface area contributed by atoms with Crippen LogP contribution in [0.15, 0.2) is 23.4 Å². The van der Waals surface area contributed by atoms with Crippen LogP contribution in [-0.2, 0) is 23.9 Å². The zero-order valence-electron chi connectivity index (χ0n) is 14.3. The predicted octanol–water partition coefficient (Wildman–Crippen LogP) is 1.29. The van der Waals surface area contributed by atoms with Crippen LogP contribution >= 0.6 is 0 Å². The van der Waals surface area contributed by atoms with Crippen molar-refractivity contribution in [1.29, 1.82) is 0 Å². The van der Waals surface area contributed by atoms with Crippen LogP contribution in [-0.4, -0.2) is 49.1 Å². The maximum atomic E-state index is 13.4. The van der Waals surface area contributed by atoms with Gasteiger partial charge in [0.2, 0.25) is 5.60 Å². The number of hydrogen-bond donors (Lipinski definition) is 1. The number of methoxy groups -OCH3 is 1. The van der Waals surface area contributed by atoms with E-state index in [1.54, 1.807) is 0 Å². The van der Waals surface area contributed by atoms with Crippen LogP contribution in [0.1, 0.15) is 25.3 Å². The van der Waals surface area contributed by atoms with Gasteiger partial charge in [0, 0.05) is 24.5 Å². The number of halogens is 2. The smallest absolute Gasteiger partial charge is 0.335 e. The van der Waals surface area contributed by atoms with E-state index in [2.05, 4.69) is 15.2 Å². The van der Waals surface area contributed by atoms with Gasteiger partial charge in [-0.3, -0.25) is 4.79 Å². The molecule has 9 heteroatoms. The predicted molar refractivity (Wildman–Crippen MR) is 85.3 cm³/mol. The topological polar surface area (TPSA) is 86.2 Å². The van der Waals surface area contributed by atoms with Gasteiger partial charge in [0.25, 0.3) is 5.91 Å². The van der Waals surface area contributed by atoms with Gasteiger partial charge >= 0.3 is 5.97 Å². The summed E-state index contributed by atoms with van der Waals surface area (Å²) >= 11 is 0. The van der Waals surface area contributed by atoms with E-state index in [4.69, 9.17) is 9.57 Å². The third kappa shape index (κ3) is 3.67. The molecule has 0 radical (unpaired) electrons. The maximum Gasteiger partial charge on any atom is 0.335 e. The van der Waals surface area contributed by atoms with Gasteiger partial charge in [-0.25, -0.2) is 13.6 Å². The molecule has 0 spiro atoms. The van der Waals surface area contributed by atoms with E-state index in [9.17, 15) is 18.4 Å². The number of carbonyl (C=O) groups excluding carboxylic acids is 2. The van der Waals surface area contributed by atoms with Crippen molar-refractivity contribution in [3.8, 4) is 0 Å². The zero-order chi connectivity index (χ0) is 18.9. The van der Waals surface area contributed by atoms with Gasteiger partial charge in [0.15, 0.2) is 6.10 Å². The largest absolute Gasteiger partial charge is 0.467 e. The number of esters is 1. The Hall–Kier alpha value is -2.55. The molecule has 3 rings (SSSR count). The van der Waals surface area contributed by atoms with Crippen LogP contribution in [0, 0.1) is 11.6 Å². The number of ether oxygens (including phenoxy) is 2. The molecule has 1 aromatic carbocycles. The molecule has 3 atom stereocenters. The van der Waals surface area contributed by atoms with Crippen molar-refractivity contribution >= 4 is 17.6 Å². The number of rotatable bonds is 4. The van der Waals surface area contributed by atoms with Crippen molar-refractivity contribution in [2.45, 2.75) is 37.5 Å². The lowest BCUT2D eigenvalue weighted by molar-refractivity contribution is -0.151. The van der Waals surface area contributed by atoms with Crippen molar-refractivity contribution in [1.82, 2.24) is 5.32 Å². The molecule has 0 aromatic heterocycles. The zero-order valence-corrected chi connectivity index (χ0v) is 14.3. The van der Waals surface area contributed by atoms with E-state index >= 15 is 0 Å². The van der Waals surface area contributed by atoms with Crippen LogP contribution in [0.25, 0.3) is 0 Å². The van der Waals surface area contributed by atoms with Crippen molar-refractivity contribution in [2.75, 3.05) is 13.7 Å².